The quantitative estimate of drug-likeness (QED) is 0.773. The van der Waals surface area contributed by atoms with Crippen LogP contribution in [-0.2, 0) is 4.79 Å². The summed E-state index contributed by atoms with van der Waals surface area (Å²) in [5, 5.41) is 3.50. The molecule has 1 unspecified atom stereocenters. The van der Waals surface area contributed by atoms with Gasteiger partial charge in [-0.05, 0) is 38.6 Å². The molecular weight excluding hydrogens is 212 g/mol. The molecule has 0 aromatic heterocycles. The van der Waals surface area contributed by atoms with E-state index in [1.54, 1.807) is 0 Å². The average Bonchev–Trinajstić information content (AvgIpc) is 2.34. The van der Waals surface area contributed by atoms with Crippen molar-refractivity contribution in [1.29, 1.82) is 0 Å². The number of hydrogen-bond acceptors (Lipinski definition) is 2. The molecule has 1 amide bonds. The van der Waals surface area contributed by atoms with Crippen LogP contribution in [0, 0.1) is 5.92 Å². The molecule has 3 nitrogen and oxygen atoms in total. The first kappa shape index (κ1) is 14.5. The lowest BCUT2D eigenvalue weighted by Crippen LogP contribution is -2.37. The van der Waals surface area contributed by atoms with Crippen LogP contribution in [0.15, 0.2) is 0 Å². The van der Waals surface area contributed by atoms with Gasteiger partial charge < -0.3 is 10.2 Å². The van der Waals surface area contributed by atoms with E-state index in [1.807, 2.05) is 4.90 Å². The van der Waals surface area contributed by atoms with Crippen LogP contribution in [0.2, 0.25) is 0 Å². The zero-order chi connectivity index (χ0) is 12.7. The maximum Gasteiger partial charge on any atom is 0.222 e. The normalized spacial score (nSPS) is 20.6. The lowest BCUT2D eigenvalue weighted by molar-refractivity contribution is -0.131. The van der Waals surface area contributed by atoms with Crippen LogP contribution in [0.1, 0.15) is 52.9 Å². The van der Waals surface area contributed by atoms with Crippen LogP contribution in [0.25, 0.3) is 0 Å². The van der Waals surface area contributed by atoms with Crippen LogP contribution < -0.4 is 5.32 Å². The van der Waals surface area contributed by atoms with Gasteiger partial charge in [0, 0.05) is 25.6 Å². The molecule has 0 bridgehead atoms. The summed E-state index contributed by atoms with van der Waals surface area (Å²) in [6.45, 7) is 9.27. The van der Waals surface area contributed by atoms with Crippen molar-refractivity contribution in [2.24, 2.45) is 5.92 Å². The smallest absolute Gasteiger partial charge is 0.222 e. The summed E-state index contributed by atoms with van der Waals surface area (Å²) >= 11 is 0. The van der Waals surface area contributed by atoms with Crippen LogP contribution in [0.4, 0.5) is 0 Å². The van der Waals surface area contributed by atoms with Gasteiger partial charge in [-0.15, -0.1) is 0 Å². The Hall–Kier alpha value is -0.570. The number of nitrogens with one attached hydrogen (secondary N) is 1. The third-order valence-corrected chi connectivity index (χ3v) is 3.44. The summed E-state index contributed by atoms with van der Waals surface area (Å²) in [4.78, 5) is 14.0. The highest BCUT2D eigenvalue weighted by atomic mass is 16.2. The van der Waals surface area contributed by atoms with E-state index in [4.69, 9.17) is 0 Å². The Morgan fingerprint density at radius 3 is 2.71 bits per heavy atom. The molecule has 0 aromatic rings. The van der Waals surface area contributed by atoms with Crippen molar-refractivity contribution in [3.8, 4) is 0 Å². The Balaban J connectivity index is 2.26. The van der Waals surface area contributed by atoms with Crippen molar-refractivity contribution in [3.63, 3.8) is 0 Å². The lowest BCUT2D eigenvalue weighted by atomic mass is 10.00. The second kappa shape index (κ2) is 7.70. The fourth-order valence-corrected chi connectivity index (χ4v) is 2.47. The molecule has 3 heteroatoms. The maximum atomic E-state index is 12.1. The number of hydrogen-bond donors (Lipinski definition) is 1. The van der Waals surface area contributed by atoms with Gasteiger partial charge in [-0.25, -0.2) is 0 Å². The Morgan fingerprint density at radius 1 is 1.41 bits per heavy atom. The molecule has 100 valence electrons. The van der Waals surface area contributed by atoms with E-state index in [0.717, 1.165) is 26.1 Å². The van der Waals surface area contributed by atoms with E-state index in [-0.39, 0.29) is 0 Å². The molecule has 1 atom stereocenters. The first-order chi connectivity index (χ1) is 8.13. The molecule has 1 heterocycles. The molecule has 1 aliphatic rings. The van der Waals surface area contributed by atoms with Crippen molar-refractivity contribution in [3.05, 3.63) is 0 Å². The van der Waals surface area contributed by atoms with Crippen molar-refractivity contribution >= 4 is 5.91 Å². The highest BCUT2D eigenvalue weighted by molar-refractivity contribution is 5.76. The summed E-state index contributed by atoms with van der Waals surface area (Å²) in [6, 6.07) is 0.574. The first-order valence-electron chi connectivity index (χ1n) is 7.14. The molecule has 1 aliphatic heterocycles. The van der Waals surface area contributed by atoms with Crippen molar-refractivity contribution in [1.82, 2.24) is 10.2 Å². The molecule has 0 spiro atoms. The fraction of sp³-hybridized carbons (Fsp3) is 0.929. The Labute approximate surface area is 106 Å². The Kier molecular flexibility index (Phi) is 6.56. The van der Waals surface area contributed by atoms with Gasteiger partial charge in [0.05, 0.1) is 0 Å². The molecule has 1 rings (SSSR count). The standard InChI is InChI=1S/C14H28N2O/c1-4-16(11-12(2)3)14(17)9-8-13-7-5-6-10-15-13/h12-13,15H,4-11H2,1-3H3. The molecule has 0 radical (unpaired) electrons. The van der Waals surface area contributed by atoms with Crippen molar-refractivity contribution < 1.29 is 4.79 Å². The third-order valence-electron chi connectivity index (χ3n) is 3.44. The number of carbonyl (C=O) groups is 1. The van der Waals surface area contributed by atoms with Gasteiger partial charge in [-0.1, -0.05) is 20.3 Å². The second-order valence-electron chi connectivity index (χ2n) is 5.51. The van der Waals surface area contributed by atoms with Crippen molar-refractivity contribution in [2.75, 3.05) is 19.6 Å². The van der Waals surface area contributed by atoms with Gasteiger partial charge in [0.1, 0.15) is 0 Å². The lowest BCUT2D eigenvalue weighted by Gasteiger charge is -2.26. The monoisotopic (exact) mass is 240 g/mol. The van der Waals surface area contributed by atoms with Gasteiger partial charge in [0.25, 0.3) is 0 Å². The summed E-state index contributed by atoms with van der Waals surface area (Å²) in [6.07, 6.45) is 5.56. The molecule has 1 N–H and O–H groups in total. The van der Waals surface area contributed by atoms with E-state index < -0.39 is 0 Å². The molecule has 1 fully saturated rings. The Bertz CT molecular complexity index is 222. The maximum absolute atomic E-state index is 12.1. The summed E-state index contributed by atoms with van der Waals surface area (Å²) in [5.41, 5.74) is 0. The highest BCUT2D eigenvalue weighted by Crippen LogP contribution is 2.13. The molecule has 0 saturated carbocycles. The summed E-state index contributed by atoms with van der Waals surface area (Å²) in [5.74, 6) is 0.889. The largest absolute Gasteiger partial charge is 0.343 e. The van der Waals surface area contributed by atoms with E-state index in [2.05, 4.69) is 26.1 Å². The molecule has 17 heavy (non-hydrogen) atoms. The van der Waals surface area contributed by atoms with E-state index in [9.17, 15) is 4.79 Å². The topological polar surface area (TPSA) is 32.3 Å². The molecule has 0 aromatic carbocycles. The van der Waals surface area contributed by atoms with E-state index in [1.165, 1.54) is 19.3 Å². The molecule has 0 aliphatic carbocycles. The van der Waals surface area contributed by atoms with Gasteiger partial charge in [-0.2, -0.15) is 0 Å². The minimum atomic E-state index is 0.327. The van der Waals surface area contributed by atoms with Crippen LogP contribution >= 0.6 is 0 Å². The predicted octanol–water partition coefficient (Wildman–Crippen LogP) is 2.41. The van der Waals surface area contributed by atoms with Gasteiger partial charge in [0.2, 0.25) is 5.91 Å². The first-order valence-corrected chi connectivity index (χ1v) is 7.14. The number of piperidine rings is 1. The second-order valence-corrected chi connectivity index (χ2v) is 5.51. The predicted molar refractivity (Wildman–Crippen MR) is 72.0 cm³/mol. The number of carbonyl (C=O) groups excluding carboxylic acids is 1. The average molecular weight is 240 g/mol. The highest BCUT2D eigenvalue weighted by Gasteiger charge is 2.17. The summed E-state index contributed by atoms with van der Waals surface area (Å²) < 4.78 is 0. The number of rotatable bonds is 6. The van der Waals surface area contributed by atoms with Gasteiger partial charge >= 0.3 is 0 Å². The number of nitrogens with zero attached hydrogens (tertiary/aromatic N) is 1. The van der Waals surface area contributed by atoms with Gasteiger partial charge in [0.15, 0.2) is 0 Å². The summed E-state index contributed by atoms with van der Waals surface area (Å²) in [7, 11) is 0. The molecular formula is C14H28N2O. The van der Waals surface area contributed by atoms with Gasteiger partial charge in [-0.3, -0.25) is 4.79 Å². The van der Waals surface area contributed by atoms with Crippen LogP contribution in [-0.4, -0.2) is 36.5 Å². The zero-order valence-corrected chi connectivity index (χ0v) is 11.7. The molecule has 1 saturated heterocycles. The SMILES string of the molecule is CCN(CC(C)C)C(=O)CCC1CCCCN1. The van der Waals surface area contributed by atoms with E-state index in [0.29, 0.717) is 24.3 Å². The van der Waals surface area contributed by atoms with Crippen molar-refractivity contribution in [2.45, 2.75) is 58.9 Å². The minimum absolute atomic E-state index is 0.327. The number of amides is 1. The minimum Gasteiger partial charge on any atom is -0.343 e. The fourth-order valence-electron chi connectivity index (χ4n) is 2.47. The zero-order valence-electron chi connectivity index (χ0n) is 11.7. The Morgan fingerprint density at radius 2 is 2.18 bits per heavy atom. The van der Waals surface area contributed by atoms with Crippen LogP contribution in [0.3, 0.4) is 0 Å². The van der Waals surface area contributed by atoms with E-state index >= 15 is 0 Å². The third kappa shape index (κ3) is 5.53. The van der Waals surface area contributed by atoms with Crippen LogP contribution in [0.5, 0.6) is 0 Å².